The number of hydrogen-bond acceptors (Lipinski definition) is 2. The average Bonchev–Trinajstić information content (AvgIpc) is 2.70. The highest BCUT2D eigenvalue weighted by Gasteiger charge is 2.12. The second-order valence-corrected chi connectivity index (χ2v) is 4.08. The first-order valence-corrected chi connectivity index (χ1v) is 5.41. The summed E-state index contributed by atoms with van der Waals surface area (Å²) in [6.07, 6.45) is 0.163. The van der Waals surface area contributed by atoms with Crippen LogP contribution in [-0.2, 0) is 6.42 Å². The standard InChI is InChI=1S/C14H13FO2/c1-9-3-5-12(15)7-11(9)8-13(16)14-6-4-10(2)17-14/h3-7H,8H2,1-2H3. The van der Waals surface area contributed by atoms with Gasteiger partial charge in [-0.25, -0.2) is 4.39 Å². The summed E-state index contributed by atoms with van der Waals surface area (Å²) in [4.78, 5) is 11.9. The summed E-state index contributed by atoms with van der Waals surface area (Å²) in [5, 5.41) is 0. The van der Waals surface area contributed by atoms with Crippen molar-refractivity contribution in [2.75, 3.05) is 0 Å². The highest BCUT2D eigenvalue weighted by Crippen LogP contribution is 2.15. The van der Waals surface area contributed by atoms with E-state index in [4.69, 9.17) is 4.42 Å². The normalized spacial score (nSPS) is 10.5. The Labute approximate surface area is 99.1 Å². The van der Waals surface area contributed by atoms with E-state index in [0.29, 0.717) is 17.1 Å². The van der Waals surface area contributed by atoms with Crippen LogP contribution in [0, 0.1) is 19.7 Å². The van der Waals surface area contributed by atoms with Gasteiger partial charge in [0.2, 0.25) is 5.78 Å². The molecule has 1 heterocycles. The van der Waals surface area contributed by atoms with Crippen LogP contribution in [-0.4, -0.2) is 5.78 Å². The van der Waals surface area contributed by atoms with Gasteiger partial charge in [-0.3, -0.25) is 4.79 Å². The van der Waals surface area contributed by atoms with Gasteiger partial charge in [0.1, 0.15) is 11.6 Å². The van der Waals surface area contributed by atoms with Gasteiger partial charge in [0.15, 0.2) is 5.76 Å². The molecule has 2 nitrogen and oxygen atoms in total. The minimum absolute atomic E-state index is 0.133. The Balaban J connectivity index is 2.21. The van der Waals surface area contributed by atoms with Crippen molar-refractivity contribution < 1.29 is 13.6 Å². The molecule has 0 amide bonds. The third-order valence-corrected chi connectivity index (χ3v) is 2.68. The smallest absolute Gasteiger partial charge is 0.202 e. The zero-order chi connectivity index (χ0) is 12.4. The van der Waals surface area contributed by atoms with Crippen molar-refractivity contribution >= 4 is 5.78 Å². The fourth-order valence-electron chi connectivity index (χ4n) is 1.67. The number of rotatable bonds is 3. The molecule has 0 saturated heterocycles. The van der Waals surface area contributed by atoms with Crippen LogP contribution in [0.3, 0.4) is 0 Å². The highest BCUT2D eigenvalue weighted by molar-refractivity contribution is 5.95. The highest BCUT2D eigenvalue weighted by atomic mass is 19.1. The fraction of sp³-hybridized carbons (Fsp3) is 0.214. The first-order chi connectivity index (χ1) is 8.06. The molecular weight excluding hydrogens is 219 g/mol. The third kappa shape index (κ3) is 2.61. The number of aryl methyl sites for hydroxylation is 2. The van der Waals surface area contributed by atoms with Crippen LogP contribution in [0.2, 0.25) is 0 Å². The van der Waals surface area contributed by atoms with Gasteiger partial charge in [-0.15, -0.1) is 0 Å². The van der Waals surface area contributed by atoms with Crippen LogP contribution in [0.5, 0.6) is 0 Å². The molecule has 0 unspecified atom stereocenters. The lowest BCUT2D eigenvalue weighted by Gasteiger charge is -2.03. The van der Waals surface area contributed by atoms with E-state index < -0.39 is 0 Å². The van der Waals surface area contributed by atoms with Crippen molar-refractivity contribution in [3.8, 4) is 0 Å². The molecule has 0 saturated carbocycles. The molecule has 0 atom stereocenters. The molecule has 3 heteroatoms. The number of carbonyl (C=O) groups is 1. The molecule has 0 spiro atoms. The lowest BCUT2D eigenvalue weighted by molar-refractivity contribution is 0.0965. The maximum Gasteiger partial charge on any atom is 0.202 e. The van der Waals surface area contributed by atoms with Crippen LogP contribution in [0.1, 0.15) is 27.4 Å². The Kier molecular flexibility index (Phi) is 3.09. The predicted molar refractivity (Wildman–Crippen MR) is 62.6 cm³/mol. The Hall–Kier alpha value is -1.90. The monoisotopic (exact) mass is 232 g/mol. The molecule has 0 radical (unpaired) electrons. The van der Waals surface area contributed by atoms with E-state index in [1.165, 1.54) is 12.1 Å². The van der Waals surface area contributed by atoms with Gasteiger partial charge in [0.25, 0.3) is 0 Å². The number of ketones is 1. The Morgan fingerprint density at radius 3 is 2.65 bits per heavy atom. The van der Waals surface area contributed by atoms with Crippen molar-refractivity contribution in [3.05, 3.63) is 58.8 Å². The van der Waals surface area contributed by atoms with Gasteiger partial charge >= 0.3 is 0 Å². The van der Waals surface area contributed by atoms with E-state index in [2.05, 4.69) is 0 Å². The van der Waals surface area contributed by atoms with Gasteiger partial charge in [-0.1, -0.05) is 6.07 Å². The summed E-state index contributed by atoms with van der Waals surface area (Å²) in [6.45, 7) is 3.64. The number of halogens is 1. The first-order valence-electron chi connectivity index (χ1n) is 5.41. The number of hydrogen-bond donors (Lipinski definition) is 0. The van der Waals surface area contributed by atoms with E-state index in [-0.39, 0.29) is 18.0 Å². The SMILES string of the molecule is Cc1ccc(C(=O)Cc2cc(F)ccc2C)o1. The molecule has 0 fully saturated rings. The van der Waals surface area contributed by atoms with E-state index in [0.717, 1.165) is 5.56 Å². The first kappa shape index (κ1) is 11.6. The van der Waals surface area contributed by atoms with E-state index >= 15 is 0 Å². The summed E-state index contributed by atoms with van der Waals surface area (Å²) in [5.41, 5.74) is 1.60. The van der Waals surface area contributed by atoms with Crippen LogP contribution < -0.4 is 0 Å². The van der Waals surface area contributed by atoms with Crippen LogP contribution in [0.15, 0.2) is 34.7 Å². The molecule has 88 valence electrons. The van der Waals surface area contributed by atoms with Crippen LogP contribution in [0.4, 0.5) is 4.39 Å². The molecule has 0 aliphatic carbocycles. The van der Waals surface area contributed by atoms with Gasteiger partial charge in [-0.2, -0.15) is 0 Å². The van der Waals surface area contributed by atoms with Crippen molar-refractivity contribution in [2.24, 2.45) is 0 Å². The van der Waals surface area contributed by atoms with Crippen molar-refractivity contribution in [1.29, 1.82) is 0 Å². The number of carbonyl (C=O) groups excluding carboxylic acids is 1. The van der Waals surface area contributed by atoms with Gasteiger partial charge < -0.3 is 4.42 Å². The topological polar surface area (TPSA) is 30.2 Å². The molecular formula is C14H13FO2. The molecule has 17 heavy (non-hydrogen) atoms. The molecule has 1 aromatic carbocycles. The van der Waals surface area contributed by atoms with Gasteiger partial charge in [0.05, 0.1) is 0 Å². The third-order valence-electron chi connectivity index (χ3n) is 2.68. The molecule has 2 rings (SSSR count). The Morgan fingerprint density at radius 1 is 1.24 bits per heavy atom. The van der Waals surface area contributed by atoms with Crippen molar-refractivity contribution in [3.63, 3.8) is 0 Å². The van der Waals surface area contributed by atoms with E-state index in [1.54, 1.807) is 25.1 Å². The summed E-state index contributed by atoms with van der Waals surface area (Å²) < 4.78 is 18.3. The quantitative estimate of drug-likeness (QED) is 0.758. The number of furan rings is 1. The lowest BCUT2D eigenvalue weighted by atomic mass is 10.0. The molecule has 2 aromatic rings. The second kappa shape index (κ2) is 4.53. The second-order valence-electron chi connectivity index (χ2n) is 4.08. The molecule has 0 N–H and O–H groups in total. The maximum atomic E-state index is 13.1. The van der Waals surface area contributed by atoms with Gasteiger partial charge in [0, 0.05) is 6.42 Å². The number of Topliss-reactive ketones (excluding diaryl/α,β-unsaturated/α-hetero) is 1. The molecule has 0 aliphatic heterocycles. The zero-order valence-corrected chi connectivity index (χ0v) is 9.79. The minimum atomic E-state index is -0.325. The largest absolute Gasteiger partial charge is 0.458 e. The average molecular weight is 232 g/mol. The predicted octanol–water partition coefficient (Wildman–Crippen LogP) is 3.46. The van der Waals surface area contributed by atoms with Crippen LogP contribution in [0.25, 0.3) is 0 Å². The molecule has 0 aliphatic rings. The Morgan fingerprint density at radius 2 is 2.00 bits per heavy atom. The minimum Gasteiger partial charge on any atom is -0.458 e. The summed E-state index contributed by atoms with van der Waals surface area (Å²) in [6, 6.07) is 7.84. The maximum absolute atomic E-state index is 13.1. The van der Waals surface area contributed by atoms with Gasteiger partial charge in [-0.05, 0) is 49.2 Å². The zero-order valence-electron chi connectivity index (χ0n) is 9.79. The van der Waals surface area contributed by atoms with E-state index in [9.17, 15) is 9.18 Å². The Bertz CT molecular complexity index is 555. The lowest BCUT2D eigenvalue weighted by Crippen LogP contribution is -2.04. The number of benzene rings is 1. The molecule has 0 bridgehead atoms. The van der Waals surface area contributed by atoms with Crippen molar-refractivity contribution in [2.45, 2.75) is 20.3 Å². The summed E-state index contributed by atoms with van der Waals surface area (Å²) in [7, 11) is 0. The summed E-state index contributed by atoms with van der Waals surface area (Å²) in [5.74, 6) is 0.566. The van der Waals surface area contributed by atoms with E-state index in [1.807, 2.05) is 6.92 Å². The van der Waals surface area contributed by atoms with Crippen molar-refractivity contribution in [1.82, 2.24) is 0 Å². The fourth-order valence-corrected chi connectivity index (χ4v) is 1.67. The summed E-state index contributed by atoms with van der Waals surface area (Å²) >= 11 is 0. The molecule has 1 aromatic heterocycles. The van der Waals surface area contributed by atoms with Crippen LogP contribution >= 0.6 is 0 Å².